The lowest BCUT2D eigenvalue weighted by Crippen LogP contribution is -2.07. The summed E-state index contributed by atoms with van der Waals surface area (Å²) < 4.78 is 1.94. The minimum Gasteiger partial charge on any atom is -0.368 e. The average Bonchev–Trinajstić information content (AvgIpc) is 2.69. The van der Waals surface area contributed by atoms with Crippen LogP contribution in [-0.2, 0) is 6.42 Å². The van der Waals surface area contributed by atoms with Gasteiger partial charge in [-0.3, -0.25) is 4.57 Å². The summed E-state index contributed by atoms with van der Waals surface area (Å²) in [7, 11) is 0. The predicted octanol–water partition coefficient (Wildman–Crippen LogP) is 1.12. The van der Waals surface area contributed by atoms with E-state index in [2.05, 4.69) is 21.9 Å². The van der Waals surface area contributed by atoms with Gasteiger partial charge in [-0.15, -0.1) is 0 Å². The molecule has 0 spiro atoms. The van der Waals surface area contributed by atoms with Crippen molar-refractivity contribution in [1.82, 2.24) is 19.5 Å². The van der Waals surface area contributed by atoms with Gasteiger partial charge < -0.3 is 5.73 Å². The molecule has 2 aromatic heterocycles. The standard InChI is InChI=1S/C10H13N5/c1-3-8-12-4-5-15(8)9-7(2)6-13-10(11)14-9/h4-6H,3H2,1-2H3,(H2,11,13,14). The van der Waals surface area contributed by atoms with Crippen LogP contribution in [0.15, 0.2) is 18.6 Å². The summed E-state index contributed by atoms with van der Waals surface area (Å²) in [6.45, 7) is 4.01. The summed E-state index contributed by atoms with van der Waals surface area (Å²) >= 11 is 0. The van der Waals surface area contributed by atoms with Crippen LogP contribution in [0, 0.1) is 6.92 Å². The van der Waals surface area contributed by atoms with Crippen molar-refractivity contribution in [3.8, 4) is 5.82 Å². The molecule has 0 aromatic carbocycles. The van der Waals surface area contributed by atoms with Crippen LogP contribution in [0.4, 0.5) is 5.95 Å². The SMILES string of the molecule is CCc1nccn1-c1nc(N)ncc1C. The Balaban J connectivity index is 2.58. The minimum atomic E-state index is 0.284. The van der Waals surface area contributed by atoms with Crippen LogP contribution in [0.25, 0.3) is 5.82 Å². The lowest BCUT2D eigenvalue weighted by atomic mass is 10.3. The van der Waals surface area contributed by atoms with Gasteiger partial charge in [0.1, 0.15) is 11.6 Å². The third kappa shape index (κ3) is 1.68. The zero-order valence-electron chi connectivity index (χ0n) is 8.81. The highest BCUT2D eigenvalue weighted by atomic mass is 15.2. The maximum absolute atomic E-state index is 5.57. The summed E-state index contributed by atoms with van der Waals surface area (Å²) in [5.74, 6) is 2.06. The average molecular weight is 203 g/mol. The first kappa shape index (κ1) is 9.64. The number of aromatic nitrogens is 4. The van der Waals surface area contributed by atoms with Gasteiger partial charge in [0.05, 0.1) is 0 Å². The number of nitrogen functional groups attached to an aromatic ring is 1. The summed E-state index contributed by atoms with van der Waals surface area (Å²) in [6.07, 6.45) is 6.22. The van der Waals surface area contributed by atoms with Gasteiger partial charge in [-0.2, -0.15) is 4.98 Å². The van der Waals surface area contributed by atoms with Crippen LogP contribution < -0.4 is 5.73 Å². The number of nitrogens with two attached hydrogens (primary N) is 1. The predicted molar refractivity (Wildman–Crippen MR) is 57.7 cm³/mol. The number of nitrogens with zero attached hydrogens (tertiary/aromatic N) is 4. The van der Waals surface area contributed by atoms with Crippen LogP contribution in [0.5, 0.6) is 0 Å². The van der Waals surface area contributed by atoms with Crippen molar-refractivity contribution in [1.29, 1.82) is 0 Å². The van der Waals surface area contributed by atoms with Gasteiger partial charge in [0, 0.05) is 30.6 Å². The quantitative estimate of drug-likeness (QED) is 0.793. The Bertz CT molecular complexity index is 474. The van der Waals surface area contributed by atoms with Crippen molar-refractivity contribution >= 4 is 5.95 Å². The van der Waals surface area contributed by atoms with E-state index in [1.807, 2.05) is 17.7 Å². The summed E-state index contributed by atoms with van der Waals surface area (Å²) in [5.41, 5.74) is 6.55. The van der Waals surface area contributed by atoms with Gasteiger partial charge in [0.25, 0.3) is 0 Å². The van der Waals surface area contributed by atoms with E-state index >= 15 is 0 Å². The molecular formula is C10H13N5. The van der Waals surface area contributed by atoms with Gasteiger partial charge in [-0.05, 0) is 6.92 Å². The number of hydrogen-bond donors (Lipinski definition) is 1. The van der Waals surface area contributed by atoms with E-state index in [4.69, 9.17) is 5.73 Å². The second-order valence-corrected chi connectivity index (χ2v) is 3.30. The van der Waals surface area contributed by atoms with Crippen molar-refractivity contribution in [2.45, 2.75) is 20.3 Å². The molecule has 5 nitrogen and oxygen atoms in total. The second-order valence-electron chi connectivity index (χ2n) is 3.30. The van der Waals surface area contributed by atoms with Crippen molar-refractivity contribution in [3.63, 3.8) is 0 Å². The van der Waals surface area contributed by atoms with Crippen molar-refractivity contribution < 1.29 is 0 Å². The van der Waals surface area contributed by atoms with E-state index in [0.717, 1.165) is 23.6 Å². The number of anilines is 1. The molecule has 2 heterocycles. The van der Waals surface area contributed by atoms with Crippen molar-refractivity contribution in [2.75, 3.05) is 5.73 Å². The molecule has 15 heavy (non-hydrogen) atoms. The normalized spacial score (nSPS) is 10.5. The van der Waals surface area contributed by atoms with E-state index in [0.29, 0.717) is 0 Å². The zero-order chi connectivity index (χ0) is 10.8. The Morgan fingerprint density at radius 3 is 2.93 bits per heavy atom. The molecule has 78 valence electrons. The van der Waals surface area contributed by atoms with Crippen LogP contribution in [-0.4, -0.2) is 19.5 Å². The molecule has 2 N–H and O–H groups in total. The first-order valence-corrected chi connectivity index (χ1v) is 4.84. The molecule has 2 aromatic rings. The summed E-state index contributed by atoms with van der Waals surface area (Å²) in [5, 5.41) is 0. The molecule has 0 saturated carbocycles. The second kappa shape index (κ2) is 3.68. The molecule has 0 aliphatic heterocycles. The number of aryl methyl sites for hydroxylation is 2. The maximum atomic E-state index is 5.57. The highest BCUT2D eigenvalue weighted by molar-refractivity contribution is 5.36. The third-order valence-corrected chi connectivity index (χ3v) is 2.23. The Morgan fingerprint density at radius 2 is 2.20 bits per heavy atom. The summed E-state index contributed by atoms with van der Waals surface area (Å²) in [6, 6.07) is 0. The van der Waals surface area contributed by atoms with Crippen molar-refractivity contribution in [2.24, 2.45) is 0 Å². The maximum Gasteiger partial charge on any atom is 0.221 e. The molecule has 5 heteroatoms. The monoisotopic (exact) mass is 203 g/mol. The molecule has 0 saturated heterocycles. The highest BCUT2D eigenvalue weighted by Crippen LogP contribution is 2.13. The number of imidazole rings is 1. The fourth-order valence-corrected chi connectivity index (χ4v) is 1.48. The van der Waals surface area contributed by atoms with Crippen LogP contribution in [0.3, 0.4) is 0 Å². The molecule has 0 atom stereocenters. The van der Waals surface area contributed by atoms with Gasteiger partial charge >= 0.3 is 0 Å². The minimum absolute atomic E-state index is 0.284. The molecule has 0 aliphatic rings. The van der Waals surface area contributed by atoms with Crippen molar-refractivity contribution in [3.05, 3.63) is 30.0 Å². The van der Waals surface area contributed by atoms with E-state index in [9.17, 15) is 0 Å². The summed E-state index contributed by atoms with van der Waals surface area (Å²) in [4.78, 5) is 12.4. The Labute approximate surface area is 88.0 Å². The van der Waals surface area contributed by atoms with E-state index < -0.39 is 0 Å². The molecule has 2 rings (SSSR count). The fraction of sp³-hybridized carbons (Fsp3) is 0.300. The first-order chi connectivity index (χ1) is 7.22. The molecule has 0 amide bonds. The van der Waals surface area contributed by atoms with Gasteiger partial charge in [-0.25, -0.2) is 9.97 Å². The zero-order valence-corrected chi connectivity index (χ0v) is 8.81. The molecule has 0 aliphatic carbocycles. The van der Waals surface area contributed by atoms with E-state index in [-0.39, 0.29) is 5.95 Å². The Hall–Kier alpha value is -1.91. The van der Waals surface area contributed by atoms with Crippen LogP contribution in [0.2, 0.25) is 0 Å². The van der Waals surface area contributed by atoms with Crippen LogP contribution >= 0.6 is 0 Å². The topological polar surface area (TPSA) is 69.6 Å². The smallest absolute Gasteiger partial charge is 0.221 e. The first-order valence-electron chi connectivity index (χ1n) is 4.84. The van der Waals surface area contributed by atoms with Gasteiger partial charge in [0.2, 0.25) is 5.95 Å². The Kier molecular flexibility index (Phi) is 2.37. The van der Waals surface area contributed by atoms with Crippen LogP contribution in [0.1, 0.15) is 18.3 Å². The van der Waals surface area contributed by atoms with E-state index in [1.54, 1.807) is 12.4 Å². The van der Waals surface area contributed by atoms with E-state index in [1.165, 1.54) is 0 Å². The Morgan fingerprint density at radius 1 is 1.40 bits per heavy atom. The third-order valence-electron chi connectivity index (χ3n) is 2.23. The lowest BCUT2D eigenvalue weighted by Gasteiger charge is -2.08. The molecular weight excluding hydrogens is 190 g/mol. The molecule has 0 radical (unpaired) electrons. The largest absolute Gasteiger partial charge is 0.368 e. The molecule has 0 fully saturated rings. The van der Waals surface area contributed by atoms with Gasteiger partial charge in [0.15, 0.2) is 0 Å². The molecule has 0 unspecified atom stereocenters. The number of hydrogen-bond acceptors (Lipinski definition) is 4. The highest BCUT2D eigenvalue weighted by Gasteiger charge is 2.07. The van der Waals surface area contributed by atoms with Gasteiger partial charge in [-0.1, -0.05) is 6.92 Å². The molecule has 0 bridgehead atoms. The lowest BCUT2D eigenvalue weighted by molar-refractivity contribution is 0.855. The number of rotatable bonds is 2. The fourth-order valence-electron chi connectivity index (χ4n) is 1.48.